The third-order valence-electron chi connectivity index (χ3n) is 3.39. The number of hydrogen-bond donors (Lipinski definition) is 1. The lowest BCUT2D eigenvalue weighted by atomic mass is 10.2. The fourth-order valence-electron chi connectivity index (χ4n) is 1.88. The Morgan fingerprint density at radius 2 is 1.74 bits per heavy atom. The summed E-state index contributed by atoms with van der Waals surface area (Å²) in [4.78, 5) is 4.57. The van der Waals surface area contributed by atoms with Crippen LogP contribution < -0.4 is 5.32 Å². The molecule has 7 heteroatoms. The van der Waals surface area contributed by atoms with Crippen LogP contribution in [0.25, 0.3) is 0 Å². The van der Waals surface area contributed by atoms with E-state index < -0.39 is 29.2 Å². The highest BCUT2D eigenvalue weighted by molar-refractivity contribution is 5.45. The van der Waals surface area contributed by atoms with E-state index in [9.17, 15) is 17.6 Å². The molecule has 0 radical (unpaired) electrons. The van der Waals surface area contributed by atoms with Crippen molar-refractivity contribution < 1.29 is 17.6 Å². The summed E-state index contributed by atoms with van der Waals surface area (Å²) < 4.78 is 52.5. The molecule has 1 aromatic rings. The van der Waals surface area contributed by atoms with Gasteiger partial charge in [-0.1, -0.05) is 0 Å². The second-order valence-corrected chi connectivity index (χ2v) is 4.82. The van der Waals surface area contributed by atoms with Gasteiger partial charge in [-0.15, -0.1) is 0 Å². The van der Waals surface area contributed by atoms with Crippen molar-refractivity contribution in [3.05, 3.63) is 23.5 Å². The van der Waals surface area contributed by atoms with Crippen LogP contribution in [0.1, 0.15) is 19.8 Å². The summed E-state index contributed by atoms with van der Waals surface area (Å²) in [6.45, 7) is 2.05. The Morgan fingerprint density at radius 1 is 1.21 bits per heavy atom. The van der Waals surface area contributed by atoms with Crippen LogP contribution in [0.5, 0.6) is 0 Å². The van der Waals surface area contributed by atoms with Crippen molar-refractivity contribution in [2.75, 3.05) is 18.9 Å². The molecule has 1 saturated carbocycles. The molecule has 0 amide bonds. The molecule has 0 spiro atoms. The molecule has 0 unspecified atom stereocenters. The van der Waals surface area contributed by atoms with Crippen LogP contribution in [0.2, 0.25) is 0 Å². The second kappa shape index (κ2) is 5.32. The average molecular weight is 277 g/mol. The van der Waals surface area contributed by atoms with E-state index in [1.807, 2.05) is 14.0 Å². The van der Waals surface area contributed by atoms with Gasteiger partial charge in [-0.25, -0.2) is 0 Å². The molecule has 3 nitrogen and oxygen atoms in total. The highest BCUT2D eigenvalue weighted by atomic mass is 19.2. The van der Waals surface area contributed by atoms with Crippen LogP contribution in [-0.4, -0.2) is 35.6 Å². The van der Waals surface area contributed by atoms with Crippen LogP contribution in [0.3, 0.4) is 0 Å². The van der Waals surface area contributed by atoms with Gasteiger partial charge in [0.1, 0.15) is 5.69 Å². The standard InChI is InChI=1S/C12H15F4N3/c1-6(19(2)7-3-4-7)5-17-10-8(13)11(15)18-12(16)9(10)14/h6-7H,3-5H2,1-2H3,(H,17,18)/t6-/m1/s1. The molecule has 1 heterocycles. The summed E-state index contributed by atoms with van der Waals surface area (Å²) in [5.74, 6) is -6.30. The molecule has 0 bridgehead atoms. The Labute approximate surface area is 108 Å². The average Bonchev–Trinajstić information content (AvgIpc) is 3.19. The summed E-state index contributed by atoms with van der Waals surface area (Å²) in [6.07, 6.45) is 2.20. The van der Waals surface area contributed by atoms with E-state index in [0.29, 0.717) is 6.04 Å². The minimum Gasteiger partial charge on any atom is -0.378 e. The van der Waals surface area contributed by atoms with Crippen molar-refractivity contribution in [2.45, 2.75) is 31.8 Å². The van der Waals surface area contributed by atoms with Crippen molar-refractivity contribution >= 4 is 5.69 Å². The van der Waals surface area contributed by atoms with Crippen LogP contribution in [0.15, 0.2) is 0 Å². The number of anilines is 1. The second-order valence-electron chi connectivity index (χ2n) is 4.82. The maximum atomic E-state index is 13.3. The first-order chi connectivity index (χ1) is 8.91. The summed E-state index contributed by atoms with van der Waals surface area (Å²) in [7, 11) is 1.91. The van der Waals surface area contributed by atoms with E-state index in [4.69, 9.17) is 0 Å². The van der Waals surface area contributed by atoms with Crippen molar-refractivity contribution in [3.63, 3.8) is 0 Å². The normalized spacial score (nSPS) is 16.8. The Bertz CT molecular complexity index is 450. The zero-order chi connectivity index (χ0) is 14.2. The zero-order valence-corrected chi connectivity index (χ0v) is 10.7. The quantitative estimate of drug-likeness (QED) is 0.662. The third kappa shape index (κ3) is 2.97. The molecular formula is C12H15F4N3. The maximum Gasteiger partial charge on any atom is 0.253 e. The molecule has 1 aliphatic rings. The fraction of sp³-hybridized carbons (Fsp3) is 0.583. The van der Waals surface area contributed by atoms with E-state index in [1.54, 1.807) is 0 Å². The number of nitrogens with one attached hydrogen (secondary N) is 1. The molecule has 19 heavy (non-hydrogen) atoms. The lowest BCUT2D eigenvalue weighted by Crippen LogP contribution is -2.36. The molecule has 1 N–H and O–H groups in total. The number of halogens is 4. The number of likely N-dealkylation sites (N-methyl/N-ethyl adjacent to an activating group) is 1. The number of rotatable bonds is 5. The Kier molecular flexibility index (Phi) is 3.93. The van der Waals surface area contributed by atoms with Gasteiger partial charge < -0.3 is 5.32 Å². The van der Waals surface area contributed by atoms with Gasteiger partial charge >= 0.3 is 0 Å². The van der Waals surface area contributed by atoms with Crippen LogP contribution in [-0.2, 0) is 0 Å². The Hall–Kier alpha value is -1.37. The van der Waals surface area contributed by atoms with E-state index in [2.05, 4.69) is 15.2 Å². The first kappa shape index (κ1) is 14.0. The number of aromatic nitrogens is 1. The van der Waals surface area contributed by atoms with Gasteiger partial charge in [0.25, 0.3) is 11.9 Å². The van der Waals surface area contributed by atoms with Gasteiger partial charge in [0.05, 0.1) is 0 Å². The van der Waals surface area contributed by atoms with Gasteiger partial charge in [-0.2, -0.15) is 22.5 Å². The Balaban J connectivity index is 2.06. The van der Waals surface area contributed by atoms with Crippen molar-refractivity contribution in [3.8, 4) is 0 Å². The van der Waals surface area contributed by atoms with E-state index in [-0.39, 0.29) is 12.6 Å². The Morgan fingerprint density at radius 3 is 2.21 bits per heavy atom. The first-order valence-corrected chi connectivity index (χ1v) is 6.07. The summed E-state index contributed by atoms with van der Waals surface area (Å²) in [5, 5.41) is 2.41. The summed E-state index contributed by atoms with van der Waals surface area (Å²) >= 11 is 0. The molecule has 0 saturated heterocycles. The van der Waals surface area contributed by atoms with Gasteiger partial charge in [-0.05, 0) is 26.8 Å². The topological polar surface area (TPSA) is 28.2 Å². The fourth-order valence-corrected chi connectivity index (χ4v) is 1.88. The van der Waals surface area contributed by atoms with Crippen LogP contribution in [0, 0.1) is 23.5 Å². The van der Waals surface area contributed by atoms with E-state index in [0.717, 1.165) is 12.8 Å². The molecule has 0 aromatic carbocycles. The highest BCUT2D eigenvalue weighted by Gasteiger charge is 2.29. The molecule has 1 aliphatic carbocycles. The maximum absolute atomic E-state index is 13.3. The van der Waals surface area contributed by atoms with Gasteiger partial charge in [0, 0.05) is 18.6 Å². The van der Waals surface area contributed by atoms with Crippen molar-refractivity contribution in [1.29, 1.82) is 0 Å². The minimum atomic E-state index is -1.65. The molecule has 0 aliphatic heterocycles. The SMILES string of the molecule is C[C@H](CNc1c(F)c(F)nc(F)c1F)N(C)C1CC1. The van der Waals surface area contributed by atoms with Crippen molar-refractivity contribution in [1.82, 2.24) is 9.88 Å². The molecule has 106 valence electrons. The van der Waals surface area contributed by atoms with Gasteiger partial charge in [0.2, 0.25) is 11.6 Å². The molecule has 1 fully saturated rings. The number of hydrogen-bond acceptors (Lipinski definition) is 3. The van der Waals surface area contributed by atoms with E-state index >= 15 is 0 Å². The van der Waals surface area contributed by atoms with Gasteiger partial charge in [-0.3, -0.25) is 4.90 Å². The zero-order valence-electron chi connectivity index (χ0n) is 10.7. The van der Waals surface area contributed by atoms with Crippen LogP contribution in [0.4, 0.5) is 23.2 Å². The molecule has 1 aromatic heterocycles. The lowest BCUT2D eigenvalue weighted by Gasteiger charge is -2.25. The molecular weight excluding hydrogens is 262 g/mol. The predicted octanol–water partition coefficient (Wildman–Crippen LogP) is 2.53. The molecule has 1 atom stereocenters. The first-order valence-electron chi connectivity index (χ1n) is 6.07. The largest absolute Gasteiger partial charge is 0.378 e. The minimum absolute atomic E-state index is 0.00872. The van der Waals surface area contributed by atoms with Gasteiger partial charge in [0.15, 0.2) is 0 Å². The highest BCUT2D eigenvalue weighted by Crippen LogP contribution is 2.27. The van der Waals surface area contributed by atoms with E-state index in [1.165, 1.54) is 0 Å². The lowest BCUT2D eigenvalue weighted by molar-refractivity contribution is 0.257. The predicted molar refractivity (Wildman–Crippen MR) is 62.8 cm³/mol. The van der Waals surface area contributed by atoms with Crippen LogP contribution >= 0.6 is 0 Å². The smallest absolute Gasteiger partial charge is 0.253 e. The summed E-state index contributed by atoms with van der Waals surface area (Å²) in [5.41, 5.74) is -0.805. The summed E-state index contributed by atoms with van der Waals surface area (Å²) in [6, 6.07) is 0.475. The van der Waals surface area contributed by atoms with Crippen molar-refractivity contribution in [2.24, 2.45) is 0 Å². The monoisotopic (exact) mass is 277 g/mol. The number of nitrogens with zero attached hydrogens (tertiary/aromatic N) is 2. The molecule has 2 rings (SSSR count). The third-order valence-corrected chi connectivity index (χ3v) is 3.39. The number of pyridine rings is 1.